The maximum Gasteiger partial charge on any atom is 0.309 e. The van der Waals surface area contributed by atoms with Gasteiger partial charge in [-0.1, -0.05) is 0 Å². The van der Waals surface area contributed by atoms with Crippen LogP contribution in [0.3, 0.4) is 0 Å². The number of nitrogens with one attached hydrogen (secondary N) is 1. The van der Waals surface area contributed by atoms with E-state index >= 15 is 0 Å². The summed E-state index contributed by atoms with van der Waals surface area (Å²) in [4.78, 5) is 12.5. The number of hydrogen-bond donors (Lipinski definition) is 1. The van der Waals surface area contributed by atoms with Crippen molar-refractivity contribution >= 4 is 6.41 Å². The molecule has 1 radical (unpaired) electrons. The average molecular weight is 185 g/mol. The lowest BCUT2D eigenvalue weighted by Crippen LogP contribution is -2.51. The Morgan fingerprint density at radius 3 is 2.62 bits per heavy atom. The molecule has 1 rings (SSSR count). The molecule has 13 heavy (non-hydrogen) atoms. The topological polar surface area (TPSA) is 41.6 Å². The molecule has 1 heterocycles. The second kappa shape index (κ2) is 4.58. The number of rotatable bonds is 4. The van der Waals surface area contributed by atoms with E-state index in [0.717, 1.165) is 32.8 Å². The molecule has 1 aliphatic heterocycles. The second-order valence-corrected chi connectivity index (χ2v) is 4.00. The van der Waals surface area contributed by atoms with Gasteiger partial charge in [-0.2, -0.15) is 0 Å². The van der Waals surface area contributed by atoms with Crippen LogP contribution in [0.2, 0.25) is 0 Å². The van der Waals surface area contributed by atoms with Gasteiger partial charge in [0.1, 0.15) is 0 Å². The Morgan fingerprint density at radius 1 is 1.46 bits per heavy atom. The van der Waals surface area contributed by atoms with Crippen molar-refractivity contribution < 1.29 is 9.53 Å². The van der Waals surface area contributed by atoms with Crippen LogP contribution in [0.5, 0.6) is 0 Å². The molecule has 4 nitrogen and oxygen atoms in total. The normalized spacial score (nSPS) is 19.8. The van der Waals surface area contributed by atoms with E-state index in [9.17, 15) is 4.79 Å². The van der Waals surface area contributed by atoms with Crippen LogP contribution in [0, 0.1) is 0 Å². The largest absolute Gasteiger partial charge is 0.379 e. The van der Waals surface area contributed by atoms with Crippen molar-refractivity contribution in [1.82, 2.24) is 10.2 Å². The fourth-order valence-corrected chi connectivity index (χ4v) is 1.50. The molecule has 1 aliphatic rings. The van der Waals surface area contributed by atoms with Gasteiger partial charge in [-0.25, -0.2) is 0 Å². The first-order chi connectivity index (χ1) is 6.14. The molecule has 1 amide bonds. The molecule has 0 unspecified atom stereocenters. The molecule has 0 aromatic carbocycles. The number of amides is 1. The van der Waals surface area contributed by atoms with Gasteiger partial charge in [-0.05, 0) is 13.8 Å². The van der Waals surface area contributed by atoms with E-state index in [4.69, 9.17) is 4.74 Å². The number of nitrogens with zero attached hydrogens (tertiary/aromatic N) is 1. The molecule has 1 fully saturated rings. The first-order valence-corrected chi connectivity index (χ1v) is 4.58. The summed E-state index contributed by atoms with van der Waals surface area (Å²) in [7, 11) is 0. The number of ether oxygens (including phenoxy) is 1. The lowest BCUT2D eigenvalue weighted by Gasteiger charge is -2.34. The van der Waals surface area contributed by atoms with Gasteiger partial charge in [-0.15, -0.1) is 0 Å². The highest BCUT2D eigenvalue weighted by molar-refractivity contribution is 5.48. The van der Waals surface area contributed by atoms with Crippen LogP contribution >= 0.6 is 0 Å². The molecule has 75 valence electrons. The highest BCUT2D eigenvalue weighted by atomic mass is 16.5. The molecule has 0 aliphatic carbocycles. The Bertz CT molecular complexity index is 165. The van der Waals surface area contributed by atoms with Crippen molar-refractivity contribution in [1.29, 1.82) is 0 Å². The lowest BCUT2D eigenvalue weighted by atomic mass is 10.1. The third-order valence-corrected chi connectivity index (χ3v) is 2.11. The van der Waals surface area contributed by atoms with Gasteiger partial charge >= 0.3 is 6.41 Å². The van der Waals surface area contributed by atoms with E-state index in [0.29, 0.717) is 0 Å². The van der Waals surface area contributed by atoms with Gasteiger partial charge in [0.2, 0.25) is 0 Å². The third kappa shape index (κ3) is 3.74. The Hall–Kier alpha value is -0.610. The molecule has 0 aromatic rings. The monoisotopic (exact) mass is 185 g/mol. The summed E-state index contributed by atoms with van der Waals surface area (Å²) < 4.78 is 5.23. The van der Waals surface area contributed by atoms with Gasteiger partial charge in [0.05, 0.1) is 13.2 Å². The predicted molar refractivity (Wildman–Crippen MR) is 50.2 cm³/mol. The lowest BCUT2D eigenvalue weighted by molar-refractivity contribution is 0.0287. The molecular weight excluding hydrogens is 168 g/mol. The molecule has 4 heteroatoms. The number of morpholine rings is 1. The van der Waals surface area contributed by atoms with Gasteiger partial charge < -0.3 is 10.1 Å². The van der Waals surface area contributed by atoms with Gasteiger partial charge in [0.15, 0.2) is 0 Å². The minimum atomic E-state index is -0.195. The summed E-state index contributed by atoms with van der Waals surface area (Å²) in [6.45, 7) is 8.32. The molecule has 1 N–H and O–H groups in total. The zero-order chi connectivity index (χ0) is 9.73. The summed E-state index contributed by atoms with van der Waals surface area (Å²) in [6, 6.07) is 0. The number of hydrogen-bond acceptors (Lipinski definition) is 3. The van der Waals surface area contributed by atoms with Crippen molar-refractivity contribution in [2.45, 2.75) is 19.4 Å². The van der Waals surface area contributed by atoms with Crippen LogP contribution in [-0.2, 0) is 9.53 Å². The maximum atomic E-state index is 10.2. The van der Waals surface area contributed by atoms with Crippen molar-refractivity contribution in [3.8, 4) is 0 Å². The van der Waals surface area contributed by atoms with Crippen LogP contribution in [0.1, 0.15) is 13.8 Å². The minimum Gasteiger partial charge on any atom is -0.379 e. The first-order valence-electron chi connectivity index (χ1n) is 4.58. The molecular formula is C9H17N2O2. The summed E-state index contributed by atoms with van der Waals surface area (Å²) >= 11 is 0. The van der Waals surface area contributed by atoms with Crippen LogP contribution in [0.4, 0.5) is 0 Å². The van der Waals surface area contributed by atoms with Crippen molar-refractivity contribution in [2.75, 3.05) is 32.8 Å². The summed E-state index contributed by atoms with van der Waals surface area (Å²) in [5.41, 5.74) is -0.195. The third-order valence-electron chi connectivity index (χ3n) is 2.11. The molecule has 0 saturated carbocycles. The van der Waals surface area contributed by atoms with Crippen molar-refractivity contribution in [2.24, 2.45) is 0 Å². The van der Waals surface area contributed by atoms with Crippen LogP contribution in [-0.4, -0.2) is 49.7 Å². The number of carbonyl (C=O) groups excluding carboxylic acids is 1. The van der Waals surface area contributed by atoms with E-state index in [1.807, 2.05) is 13.8 Å². The van der Waals surface area contributed by atoms with E-state index < -0.39 is 0 Å². The first kappa shape index (κ1) is 10.5. The second-order valence-electron chi connectivity index (χ2n) is 4.00. The molecule has 0 spiro atoms. The molecule has 1 saturated heterocycles. The summed E-state index contributed by atoms with van der Waals surface area (Å²) in [5.74, 6) is 0. The van der Waals surface area contributed by atoms with Crippen LogP contribution < -0.4 is 5.32 Å². The van der Waals surface area contributed by atoms with Crippen LogP contribution in [0.15, 0.2) is 0 Å². The van der Waals surface area contributed by atoms with E-state index in [2.05, 4.69) is 10.2 Å². The van der Waals surface area contributed by atoms with Gasteiger partial charge in [-0.3, -0.25) is 9.69 Å². The van der Waals surface area contributed by atoms with Crippen LogP contribution in [0.25, 0.3) is 0 Å². The SMILES string of the molecule is CC(C)(CN1CCOCC1)N[C]=O. The maximum absolute atomic E-state index is 10.2. The Labute approximate surface area is 79.2 Å². The van der Waals surface area contributed by atoms with Gasteiger partial charge in [0.25, 0.3) is 0 Å². The standard InChI is InChI=1S/C9H17N2O2/c1-9(2,10-8-12)7-11-3-5-13-6-4-11/h3-7H2,1-2H3,(H,10,12). The quantitative estimate of drug-likeness (QED) is 0.614. The Morgan fingerprint density at radius 2 is 2.08 bits per heavy atom. The average Bonchev–Trinajstić information content (AvgIpc) is 2.04. The zero-order valence-electron chi connectivity index (χ0n) is 8.30. The van der Waals surface area contributed by atoms with Gasteiger partial charge in [0, 0.05) is 25.2 Å². The van der Waals surface area contributed by atoms with Crippen molar-refractivity contribution in [3.63, 3.8) is 0 Å². The molecule has 0 bridgehead atoms. The highest BCUT2D eigenvalue weighted by Gasteiger charge is 2.22. The highest BCUT2D eigenvalue weighted by Crippen LogP contribution is 2.06. The van der Waals surface area contributed by atoms with E-state index in [1.54, 1.807) is 6.41 Å². The van der Waals surface area contributed by atoms with Crippen molar-refractivity contribution in [3.05, 3.63) is 0 Å². The van der Waals surface area contributed by atoms with E-state index in [1.165, 1.54) is 0 Å². The Balaban J connectivity index is 2.32. The fraction of sp³-hybridized carbons (Fsp3) is 0.889. The predicted octanol–water partition coefficient (Wildman–Crippen LogP) is -0.246. The Kier molecular flexibility index (Phi) is 3.69. The minimum absolute atomic E-state index is 0.195. The summed E-state index contributed by atoms with van der Waals surface area (Å²) in [6.07, 6.45) is 1.74. The zero-order valence-corrected chi connectivity index (χ0v) is 8.30. The fourth-order valence-electron chi connectivity index (χ4n) is 1.50. The van der Waals surface area contributed by atoms with E-state index in [-0.39, 0.29) is 5.54 Å². The molecule has 0 aromatic heterocycles. The smallest absolute Gasteiger partial charge is 0.309 e. The molecule has 0 atom stereocenters. The summed E-state index contributed by atoms with van der Waals surface area (Å²) in [5, 5.41) is 2.68.